The lowest BCUT2D eigenvalue weighted by Crippen LogP contribution is -2.47. The average Bonchev–Trinajstić information content (AvgIpc) is 2.47. The summed E-state index contributed by atoms with van der Waals surface area (Å²) in [5.41, 5.74) is 0.505. The predicted molar refractivity (Wildman–Crippen MR) is 86.0 cm³/mol. The Balaban J connectivity index is 2.06. The van der Waals surface area contributed by atoms with E-state index in [0.717, 1.165) is 12.1 Å². The van der Waals surface area contributed by atoms with Crippen LogP contribution in [0.4, 0.5) is 5.69 Å². The Hall–Kier alpha value is -2.04. The monoisotopic (exact) mass is 304 g/mol. The SMILES string of the molecule is CCC(C)(C)NC(=O)CCN1C(=O)C(C)Oc2ccccc21. The van der Waals surface area contributed by atoms with Gasteiger partial charge in [-0.1, -0.05) is 19.1 Å². The minimum atomic E-state index is -0.523. The number of ether oxygens (including phenoxy) is 1. The molecule has 0 bridgehead atoms. The molecule has 0 fully saturated rings. The predicted octanol–water partition coefficient (Wildman–Crippen LogP) is 2.50. The van der Waals surface area contributed by atoms with Crippen LogP contribution >= 0.6 is 0 Å². The number of carbonyl (C=O) groups is 2. The largest absolute Gasteiger partial charge is 0.479 e. The van der Waals surface area contributed by atoms with Gasteiger partial charge in [-0.25, -0.2) is 0 Å². The van der Waals surface area contributed by atoms with Gasteiger partial charge in [-0.3, -0.25) is 9.59 Å². The number of anilines is 1. The fourth-order valence-corrected chi connectivity index (χ4v) is 2.33. The maximum atomic E-state index is 12.3. The average molecular weight is 304 g/mol. The highest BCUT2D eigenvalue weighted by Gasteiger charge is 2.31. The van der Waals surface area contributed by atoms with Crippen LogP contribution < -0.4 is 15.0 Å². The first-order chi connectivity index (χ1) is 10.3. The van der Waals surface area contributed by atoms with Gasteiger partial charge in [-0.2, -0.15) is 0 Å². The van der Waals surface area contributed by atoms with Crippen molar-refractivity contribution in [2.45, 2.75) is 52.2 Å². The van der Waals surface area contributed by atoms with Crippen molar-refractivity contribution in [3.63, 3.8) is 0 Å². The molecule has 1 aromatic rings. The smallest absolute Gasteiger partial charge is 0.267 e. The van der Waals surface area contributed by atoms with Crippen LogP contribution in [0.3, 0.4) is 0 Å². The quantitative estimate of drug-likeness (QED) is 0.909. The van der Waals surface area contributed by atoms with Gasteiger partial charge in [-0.15, -0.1) is 0 Å². The molecule has 0 radical (unpaired) electrons. The number of carbonyl (C=O) groups excluding carboxylic acids is 2. The number of nitrogens with zero attached hydrogens (tertiary/aromatic N) is 1. The highest BCUT2D eigenvalue weighted by atomic mass is 16.5. The van der Waals surface area contributed by atoms with Crippen molar-refractivity contribution in [1.82, 2.24) is 5.32 Å². The van der Waals surface area contributed by atoms with E-state index in [9.17, 15) is 9.59 Å². The first-order valence-corrected chi connectivity index (χ1v) is 7.72. The summed E-state index contributed by atoms with van der Waals surface area (Å²) in [6.07, 6.45) is 0.607. The van der Waals surface area contributed by atoms with Gasteiger partial charge in [0.1, 0.15) is 5.75 Å². The number of fused-ring (bicyclic) bond motifs is 1. The van der Waals surface area contributed by atoms with Gasteiger partial charge in [0.25, 0.3) is 5.91 Å². The molecule has 120 valence electrons. The van der Waals surface area contributed by atoms with E-state index in [4.69, 9.17) is 4.74 Å². The Kier molecular flexibility index (Phi) is 4.74. The molecule has 0 aromatic heterocycles. The van der Waals surface area contributed by atoms with Crippen molar-refractivity contribution < 1.29 is 14.3 Å². The molecule has 1 aliphatic rings. The molecule has 0 aliphatic carbocycles. The van der Waals surface area contributed by atoms with Gasteiger partial charge in [0, 0.05) is 18.5 Å². The Morgan fingerprint density at radius 3 is 2.73 bits per heavy atom. The molecular formula is C17H24N2O3. The molecule has 1 heterocycles. The second-order valence-electron chi connectivity index (χ2n) is 6.25. The lowest BCUT2D eigenvalue weighted by Gasteiger charge is -2.33. The van der Waals surface area contributed by atoms with E-state index in [1.165, 1.54) is 0 Å². The lowest BCUT2D eigenvalue weighted by molar-refractivity contribution is -0.125. The van der Waals surface area contributed by atoms with E-state index in [1.54, 1.807) is 11.8 Å². The van der Waals surface area contributed by atoms with E-state index >= 15 is 0 Å². The van der Waals surface area contributed by atoms with Crippen molar-refractivity contribution in [3.8, 4) is 5.75 Å². The lowest BCUT2D eigenvalue weighted by atomic mass is 10.0. The third-order valence-corrected chi connectivity index (χ3v) is 4.00. The summed E-state index contributed by atoms with van der Waals surface area (Å²) in [6.45, 7) is 8.09. The minimum absolute atomic E-state index is 0.0451. The number of para-hydroxylation sites is 2. The zero-order chi connectivity index (χ0) is 16.3. The molecule has 22 heavy (non-hydrogen) atoms. The zero-order valence-electron chi connectivity index (χ0n) is 13.7. The standard InChI is InChI=1S/C17H24N2O3/c1-5-17(3,4)18-15(20)10-11-19-13-8-6-7-9-14(13)22-12(2)16(19)21/h6-9,12H,5,10-11H2,1-4H3,(H,18,20). The third kappa shape index (κ3) is 3.59. The van der Waals surface area contributed by atoms with Gasteiger partial charge in [-0.05, 0) is 39.3 Å². The minimum Gasteiger partial charge on any atom is -0.479 e. The Labute approximate surface area is 131 Å². The van der Waals surface area contributed by atoms with Gasteiger partial charge in [0.2, 0.25) is 5.91 Å². The first-order valence-electron chi connectivity index (χ1n) is 7.72. The van der Waals surface area contributed by atoms with Crippen molar-refractivity contribution >= 4 is 17.5 Å². The normalized spacial score (nSPS) is 17.7. The fraction of sp³-hybridized carbons (Fsp3) is 0.529. The number of nitrogens with one attached hydrogen (secondary N) is 1. The highest BCUT2D eigenvalue weighted by Crippen LogP contribution is 2.33. The Morgan fingerprint density at radius 1 is 1.36 bits per heavy atom. The van der Waals surface area contributed by atoms with Crippen LogP contribution in [0.5, 0.6) is 5.75 Å². The molecule has 1 aromatic carbocycles. The summed E-state index contributed by atoms with van der Waals surface area (Å²) < 4.78 is 5.59. The number of benzene rings is 1. The second kappa shape index (κ2) is 6.38. The summed E-state index contributed by atoms with van der Waals surface area (Å²) in [5, 5.41) is 2.99. The third-order valence-electron chi connectivity index (χ3n) is 4.00. The van der Waals surface area contributed by atoms with Gasteiger partial charge in [0.05, 0.1) is 5.69 Å². The van der Waals surface area contributed by atoms with Crippen molar-refractivity contribution in [1.29, 1.82) is 0 Å². The first kappa shape index (κ1) is 16.3. The van der Waals surface area contributed by atoms with Crippen LogP contribution in [-0.4, -0.2) is 30.0 Å². The molecule has 0 spiro atoms. The van der Waals surface area contributed by atoms with Crippen LogP contribution in [-0.2, 0) is 9.59 Å². The molecule has 0 saturated heterocycles. The highest BCUT2D eigenvalue weighted by molar-refractivity contribution is 6.00. The molecule has 5 nitrogen and oxygen atoms in total. The van der Waals surface area contributed by atoms with E-state index in [0.29, 0.717) is 12.3 Å². The molecule has 1 atom stereocenters. The van der Waals surface area contributed by atoms with Gasteiger partial charge in [0.15, 0.2) is 6.10 Å². The fourth-order valence-electron chi connectivity index (χ4n) is 2.33. The van der Waals surface area contributed by atoms with Gasteiger partial charge < -0.3 is 15.0 Å². The maximum Gasteiger partial charge on any atom is 0.267 e. The molecule has 1 N–H and O–H groups in total. The van der Waals surface area contributed by atoms with Crippen LogP contribution in [0.2, 0.25) is 0 Å². The van der Waals surface area contributed by atoms with Crippen molar-refractivity contribution in [2.75, 3.05) is 11.4 Å². The molecule has 2 rings (SSSR count). The molecule has 1 unspecified atom stereocenters. The summed E-state index contributed by atoms with van der Waals surface area (Å²) in [6, 6.07) is 7.41. The topological polar surface area (TPSA) is 58.6 Å². The maximum absolute atomic E-state index is 12.3. The van der Waals surface area contributed by atoms with E-state index in [-0.39, 0.29) is 23.8 Å². The van der Waals surface area contributed by atoms with Crippen LogP contribution in [0.15, 0.2) is 24.3 Å². The molecular weight excluding hydrogens is 280 g/mol. The van der Waals surface area contributed by atoms with E-state index < -0.39 is 6.10 Å². The summed E-state index contributed by atoms with van der Waals surface area (Å²) in [4.78, 5) is 26.0. The molecule has 0 saturated carbocycles. The summed E-state index contributed by atoms with van der Waals surface area (Å²) in [7, 11) is 0. The number of hydrogen-bond acceptors (Lipinski definition) is 3. The van der Waals surface area contributed by atoms with Crippen molar-refractivity contribution in [2.24, 2.45) is 0 Å². The summed E-state index contributed by atoms with van der Waals surface area (Å²) >= 11 is 0. The zero-order valence-corrected chi connectivity index (χ0v) is 13.7. The summed E-state index contributed by atoms with van der Waals surface area (Å²) in [5.74, 6) is 0.529. The van der Waals surface area contributed by atoms with E-state index in [2.05, 4.69) is 5.32 Å². The van der Waals surface area contributed by atoms with Gasteiger partial charge >= 0.3 is 0 Å². The molecule has 1 aliphatic heterocycles. The number of amides is 2. The van der Waals surface area contributed by atoms with Crippen molar-refractivity contribution in [3.05, 3.63) is 24.3 Å². The van der Waals surface area contributed by atoms with Crippen LogP contribution in [0.1, 0.15) is 40.5 Å². The molecule has 5 heteroatoms. The Morgan fingerprint density at radius 2 is 2.05 bits per heavy atom. The molecule has 2 amide bonds. The Bertz CT molecular complexity index is 569. The number of hydrogen-bond donors (Lipinski definition) is 1. The second-order valence-corrected chi connectivity index (χ2v) is 6.25. The van der Waals surface area contributed by atoms with E-state index in [1.807, 2.05) is 45.0 Å². The van der Waals surface area contributed by atoms with Crippen LogP contribution in [0.25, 0.3) is 0 Å². The number of rotatable bonds is 5. The van der Waals surface area contributed by atoms with Crippen LogP contribution in [0, 0.1) is 0 Å².